The fourth-order valence-corrected chi connectivity index (χ4v) is 3.62. The molecule has 4 heteroatoms. The summed E-state index contributed by atoms with van der Waals surface area (Å²) in [6, 6.07) is 14.2. The molecule has 0 radical (unpaired) electrons. The Morgan fingerprint density at radius 3 is 2.50 bits per heavy atom. The van der Waals surface area contributed by atoms with Crippen LogP contribution in [-0.2, 0) is 10.5 Å². The predicted octanol–water partition coefficient (Wildman–Crippen LogP) is 5.46. The fourth-order valence-electron chi connectivity index (χ4n) is 2.69. The highest BCUT2D eigenvalue weighted by Gasteiger charge is 2.14. The minimum absolute atomic E-state index is 0.0780. The maximum atomic E-state index is 12.3. The first-order chi connectivity index (χ1) is 11.5. The Bertz CT molecular complexity index is 685. The van der Waals surface area contributed by atoms with Crippen molar-refractivity contribution < 1.29 is 4.79 Å². The summed E-state index contributed by atoms with van der Waals surface area (Å²) in [6.45, 7) is 6.29. The van der Waals surface area contributed by atoms with Gasteiger partial charge >= 0.3 is 0 Å². The molecule has 0 bridgehead atoms. The lowest BCUT2D eigenvalue weighted by molar-refractivity contribution is -0.119. The molecule has 0 aromatic heterocycles. The summed E-state index contributed by atoms with van der Waals surface area (Å²) in [5.74, 6) is 1.36. The van der Waals surface area contributed by atoms with Gasteiger partial charge in [-0.15, -0.1) is 11.8 Å². The highest BCUT2D eigenvalue weighted by Crippen LogP contribution is 2.22. The van der Waals surface area contributed by atoms with Crippen LogP contribution in [0, 0.1) is 13.8 Å². The van der Waals surface area contributed by atoms with Gasteiger partial charge in [0.15, 0.2) is 0 Å². The molecule has 0 aliphatic carbocycles. The van der Waals surface area contributed by atoms with Gasteiger partial charge in [-0.2, -0.15) is 0 Å². The van der Waals surface area contributed by atoms with Crippen molar-refractivity contribution in [2.45, 2.75) is 39.0 Å². The van der Waals surface area contributed by atoms with Crippen LogP contribution in [0.4, 0.5) is 0 Å². The van der Waals surface area contributed by atoms with Crippen LogP contribution in [0.15, 0.2) is 42.5 Å². The minimum atomic E-state index is 0.0780. The molecule has 0 heterocycles. The zero-order valence-corrected chi connectivity index (χ0v) is 16.0. The first kappa shape index (κ1) is 18.9. The summed E-state index contributed by atoms with van der Waals surface area (Å²) >= 11 is 7.50. The lowest BCUT2D eigenvalue weighted by Crippen LogP contribution is -2.30. The monoisotopic (exact) mass is 361 g/mol. The molecule has 0 aliphatic rings. The van der Waals surface area contributed by atoms with Gasteiger partial charge in [0.05, 0.1) is 11.8 Å². The van der Waals surface area contributed by atoms with E-state index in [-0.39, 0.29) is 11.9 Å². The molecule has 1 amide bonds. The summed E-state index contributed by atoms with van der Waals surface area (Å²) in [6.07, 6.45) is 0.886. The van der Waals surface area contributed by atoms with Crippen molar-refractivity contribution in [2.24, 2.45) is 0 Å². The van der Waals surface area contributed by atoms with E-state index in [1.807, 2.05) is 24.3 Å². The van der Waals surface area contributed by atoms with Crippen molar-refractivity contribution in [1.82, 2.24) is 5.32 Å². The number of carbonyl (C=O) groups excluding carboxylic acids is 1. The molecular formula is C20H24ClNOS. The molecule has 2 rings (SSSR count). The van der Waals surface area contributed by atoms with Crippen LogP contribution in [0.3, 0.4) is 0 Å². The molecule has 2 nitrogen and oxygen atoms in total. The Balaban J connectivity index is 1.86. The molecule has 1 atom stereocenters. The number of carbonyl (C=O) groups is 1. The van der Waals surface area contributed by atoms with Crippen molar-refractivity contribution in [2.75, 3.05) is 5.75 Å². The molecule has 0 saturated heterocycles. The molecule has 0 unspecified atom stereocenters. The van der Waals surface area contributed by atoms with Gasteiger partial charge in [-0.05, 0) is 49.1 Å². The van der Waals surface area contributed by atoms with E-state index in [0.717, 1.165) is 17.2 Å². The van der Waals surface area contributed by atoms with Crippen molar-refractivity contribution in [3.8, 4) is 0 Å². The van der Waals surface area contributed by atoms with Gasteiger partial charge in [-0.3, -0.25) is 4.79 Å². The average Bonchev–Trinajstić information content (AvgIpc) is 2.55. The normalized spacial score (nSPS) is 12.0. The molecule has 2 aromatic carbocycles. The Kier molecular flexibility index (Phi) is 7.19. The number of nitrogens with one attached hydrogen (secondary N) is 1. The number of thioether (sulfide) groups is 1. The third-order valence-electron chi connectivity index (χ3n) is 3.96. The number of amides is 1. The second kappa shape index (κ2) is 9.14. The minimum Gasteiger partial charge on any atom is -0.349 e. The highest BCUT2D eigenvalue weighted by molar-refractivity contribution is 7.99. The van der Waals surface area contributed by atoms with Crippen LogP contribution in [0.25, 0.3) is 0 Å². The molecule has 0 fully saturated rings. The zero-order chi connectivity index (χ0) is 17.5. The van der Waals surface area contributed by atoms with Crippen LogP contribution in [0.1, 0.15) is 41.6 Å². The summed E-state index contributed by atoms with van der Waals surface area (Å²) in [4.78, 5) is 12.3. The molecule has 0 spiro atoms. The first-order valence-corrected chi connectivity index (χ1v) is 9.71. The highest BCUT2D eigenvalue weighted by atomic mass is 35.5. The van der Waals surface area contributed by atoms with Crippen LogP contribution in [0.2, 0.25) is 5.02 Å². The van der Waals surface area contributed by atoms with Gasteiger partial charge in [0.1, 0.15) is 0 Å². The standard InChI is InChI=1S/C20H24ClNOS/c1-4-19(18-10-5-14(2)11-15(18)3)22-20(23)13-24-12-16-6-8-17(21)9-7-16/h5-11,19H,4,12-13H2,1-3H3,(H,22,23)/t19-/m0/s1. The second-order valence-corrected chi connectivity index (χ2v) is 7.43. The van der Waals surface area contributed by atoms with E-state index < -0.39 is 0 Å². The molecule has 2 aromatic rings. The van der Waals surface area contributed by atoms with Crippen molar-refractivity contribution in [3.05, 3.63) is 69.7 Å². The summed E-state index contributed by atoms with van der Waals surface area (Å²) in [5.41, 5.74) is 4.87. The average molecular weight is 362 g/mol. The fraction of sp³-hybridized carbons (Fsp3) is 0.350. The lowest BCUT2D eigenvalue weighted by Gasteiger charge is -2.20. The maximum absolute atomic E-state index is 12.3. The number of hydrogen-bond donors (Lipinski definition) is 1. The largest absolute Gasteiger partial charge is 0.349 e. The van der Waals surface area contributed by atoms with Crippen molar-refractivity contribution >= 4 is 29.3 Å². The van der Waals surface area contributed by atoms with Gasteiger partial charge in [0, 0.05) is 10.8 Å². The third kappa shape index (κ3) is 5.57. The Hall–Kier alpha value is -1.45. The molecule has 128 valence electrons. The van der Waals surface area contributed by atoms with Crippen LogP contribution >= 0.6 is 23.4 Å². The number of rotatable bonds is 7. The summed E-state index contributed by atoms with van der Waals surface area (Å²) in [5, 5.41) is 3.89. The van der Waals surface area contributed by atoms with Crippen LogP contribution in [-0.4, -0.2) is 11.7 Å². The van der Waals surface area contributed by atoms with Crippen molar-refractivity contribution in [3.63, 3.8) is 0 Å². The molecule has 24 heavy (non-hydrogen) atoms. The van der Waals surface area contributed by atoms with Gasteiger partial charge in [0.2, 0.25) is 5.91 Å². The van der Waals surface area contributed by atoms with Gasteiger partial charge in [-0.25, -0.2) is 0 Å². The lowest BCUT2D eigenvalue weighted by atomic mass is 9.97. The van der Waals surface area contributed by atoms with Crippen molar-refractivity contribution in [1.29, 1.82) is 0 Å². The van der Waals surface area contributed by atoms with E-state index in [2.05, 4.69) is 44.3 Å². The van der Waals surface area contributed by atoms with E-state index in [0.29, 0.717) is 5.75 Å². The maximum Gasteiger partial charge on any atom is 0.230 e. The topological polar surface area (TPSA) is 29.1 Å². The van der Waals surface area contributed by atoms with Gasteiger partial charge in [-0.1, -0.05) is 54.4 Å². The third-order valence-corrected chi connectivity index (χ3v) is 5.22. The number of benzene rings is 2. The predicted molar refractivity (Wildman–Crippen MR) is 105 cm³/mol. The van der Waals surface area contributed by atoms with E-state index >= 15 is 0 Å². The Labute approximate surface area is 154 Å². The first-order valence-electron chi connectivity index (χ1n) is 8.18. The van der Waals surface area contributed by atoms with Gasteiger partial charge in [0.25, 0.3) is 0 Å². The van der Waals surface area contributed by atoms with Crippen LogP contribution < -0.4 is 5.32 Å². The quantitative estimate of drug-likeness (QED) is 0.709. The number of hydrogen-bond acceptors (Lipinski definition) is 2. The Morgan fingerprint density at radius 1 is 1.17 bits per heavy atom. The van der Waals surface area contributed by atoms with Gasteiger partial charge < -0.3 is 5.32 Å². The molecular weight excluding hydrogens is 338 g/mol. The molecule has 0 saturated carbocycles. The SMILES string of the molecule is CC[C@H](NC(=O)CSCc1ccc(Cl)cc1)c1ccc(C)cc1C. The van der Waals surface area contributed by atoms with E-state index in [4.69, 9.17) is 11.6 Å². The van der Waals surface area contributed by atoms with E-state index in [1.54, 1.807) is 11.8 Å². The molecule has 0 aliphatic heterocycles. The Morgan fingerprint density at radius 2 is 1.88 bits per heavy atom. The van der Waals surface area contributed by atoms with Crippen LogP contribution in [0.5, 0.6) is 0 Å². The second-order valence-electron chi connectivity index (χ2n) is 6.01. The number of halogens is 1. The van der Waals surface area contributed by atoms with E-state index in [9.17, 15) is 4.79 Å². The molecule has 1 N–H and O–H groups in total. The zero-order valence-electron chi connectivity index (χ0n) is 14.4. The summed E-state index contributed by atoms with van der Waals surface area (Å²) < 4.78 is 0. The number of aryl methyl sites for hydroxylation is 2. The summed E-state index contributed by atoms with van der Waals surface area (Å²) in [7, 11) is 0. The van der Waals surface area contributed by atoms with E-state index in [1.165, 1.54) is 22.3 Å². The smallest absolute Gasteiger partial charge is 0.230 e.